The maximum Gasteiger partial charge on any atom is 0.339 e. The van der Waals surface area contributed by atoms with Gasteiger partial charge in [0.1, 0.15) is 11.4 Å². The second kappa shape index (κ2) is 7.34. The van der Waals surface area contributed by atoms with Crippen molar-refractivity contribution in [3.05, 3.63) is 53.7 Å². The number of aromatic carboxylic acids is 1. The molecule has 1 amide bonds. The Bertz CT molecular complexity index is 777. The Balaban J connectivity index is 1.82. The molecule has 0 unspecified atom stereocenters. The van der Waals surface area contributed by atoms with Crippen LogP contribution in [0.1, 0.15) is 41.6 Å². The van der Waals surface area contributed by atoms with Crippen molar-refractivity contribution >= 4 is 23.4 Å². The molecule has 6 nitrogen and oxygen atoms in total. The predicted octanol–water partition coefficient (Wildman–Crippen LogP) is 3.12. The maximum atomic E-state index is 11.7. The molecule has 1 saturated heterocycles. The van der Waals surface area contributed by atoms with Gasteiger partial charge in [-0.25, -0.2) is 9.78 Å². The van der Waals surface area contributed by atoms with Crippen molar-refractivity contribution in [2.45, 2.75) is 25.7 Å². The van der Waals surface area contributed by atoms with Crippen LogP contribution < -0.4 is 10.2 Å². The molecule has 1 aliphatic heterocycles. The number of hydrogen-bond acceptors (Lipinski definition) is 4. The summed E-state index contributed by atoms with van der Waals surface area (Å²) < 4.78 is 0. The highest BCUT2D eigenvalue weighted by Crippen LogP contribution is 2.32. The lowest BCUT2D eigenvalue weighted by Gasteiger charge is -2.20. The van der Waals surface area contributed by atoms with Crippen molar-refractivity contribution in [2.24, 2.45) is 0 Å². The number of carboxylic acid groups (broad SMARTS) is 1. The molecule has 6 heteroatoms. The van der Waals surface area contributed by atoms with E-state index in [-0.39, 0.29) is 11.5 Å². The summed E-state index contributed by atoms with van der Waals surface area (Å²) in [5, 5.41) is 12.2. The first-order chi connectivity index (χ1) is 12.1. The number of hydrogen-bond donors (Lipinski definition) is 2. The normalized spacial score (nSPS) is 16.7. The molecular weight excluding hydrogens is 318 g/mol. The molecule has 2 heterocycles. The average Bonchev–Trinajstić information content (AvgIpc) is 3.12. The van der Waals surface area contributed by atoms with Crippen molar-refractivity contribution in [2.75, 3.05) is 23.3 Å². The number of nitrogens with zero attached hydrogens (tertiary/aromatic N) is 2. The highest BCUT2D eigenvalue weighted by Gasteiger charge is 2.28. The van der Waals surface area contributed by atoms with Gasteiger partial charge < -0.3 is 15.3 Å². The summed E-state index contributed by atoms with van der Waals surface area (Å²) in [6.07, 6.45) is 2.80. The van der Waals surface area contributed by atoms with E-state index >= 15 is 0 Å². The molecule has 1 aromatic heterocycles. The minimum absolute atomic E-state index is 0.114. The van der Waals surface area contributed by atoms with E-state index in [2.05, 4.69) is 22.4 Å². The number of benzene rings is 1. The molecule has 1 aromatic carbocycles. The lowest BCUT2D eigenvalue weighted by molar-refractivity contribution is -0.115. The third-order valence-electron chi connectivity index (χ3n) is 4.46. The predicted molar refractivity (Wildman–Crippen MR) is 96.1 cm³/mol. The molecule has 3 rings (SSSR count). The van der Waals surface area contributed by atoms with Crippen LogP contribution in [-0.4, -0.2) is 35.1 Å². The first-order valence-corrected chi connectivity index (χ1v) is 8.41. The van der Waals surface area contributed by atoms with Gasteiger partial charge in [-0.05, 0) is 18.1 Å². The van der Waals surface area contributed by atoms with Crippen molar-refractivity contribution in [1.29, 1.82) is 0 Å². The van der Waals surface area contributed by atoms with Gasteiger partial charge in [0.2, 0.25) is 5.91 Å². The Hall–Kier alpha value is -2.89. The maximum absolute atomic E-state index is 11.7. The summed E-state index contributed by atoms with van der Waals surface area (Å²) in [7, 11) is 0. The van der Waals surface area contributed by atoms with E-state index in [1.165, 1.54) is 17.8 Å². The topological polar surface area (TPSA) is 82.5 Å². The molecule has 1 atom stereocenters. The molecule has 1 aliphatic rings. The molecular formula is C19H21N3O3. The minimum Gasteiger partial charge on any atom is -0.478 e. The Morgan fingerprint density at radius 1 is 1.32 bits per heavy atom. The number of carboxylic acids is 1. The van der Waals surface area contributed by atoms with Gasteiger partial charge in [-0.1, -0.05) is 37.3 Å². The SMILES string of the molecule is CCC(=O)Nc1cnc(N2CC[C@H](c3ccccc3)C2)c(C(=O)O)c1. The highest BCUT2D eigenvalue weighted by molar-refractivity contribution is 5.97. The van der Waals surface area contributed by atoms with Gasteiger partial charge >= 0.3 is 5.97 Å². The van der Waals surface area contributed by atoms with Gasteiger partial charge in [0.15, 0.2) is 0 Å². The lowest BCUT2D eigenvalue weighted by Crippen LogP contribution is -2.23. The Morgan fingerprint density at radius 2 is 2.08 bits per heavy atom. The van der Waals surface area contributed by atoms with E-state index < -0.39 is 5.97 Å². The number of aromatic nitrogens is 1. The molecule has 0 spiro atoms. The second-order valence-electron chi connectivity index (χ2n) is 6.14. The molecule has 0 bridgehead atoms. The summed E-state index contributed by atoms with van der Waals surface area (Å²) in [6.45, 7) is 3.23. The summed E-state index contributed by atoms with van der Waals surface area (Å²) in [5.41, 5.74) is 1.78. The van der Waals surface area contributed by atoms with Crippen LogP contribution in [0.15, 0.2) is 42.6 Å². The smallest absolute Gasteiger partial charge is 0.339 e. The summed E-state index contributed by atoms with van der Waals surface area (Å²) in [6, 6.07) is 11.7. The van der Waals surface area contributed by atoms with Gasteiger partial charge in [0.25, 0.3) is 0 Å². The third kappa shape index (κ3) is 3.79. The zero-order valence-electron chi connectivity index (χ0n) is 14.1. The fraction of sp³-hybridized carbons (Fsp3) is 0.316. The summed E-state index contributed by atoms with van der Waals surface area (Å²) >= 11 is 0. The van der Waals surface area contributed by atoms with E-state index in [0.29, 0.717) is 23.8 Å². The number of pyridine rings is 1. The Kier molecular flexibility index (Phi) is 4.97. The van der Waals surface area contributed by atoms with Gasteiger partial charge in [0.05, 0.1) is 11.9 Å². The zero-order chi connectivity index (χ0) is 17.8. The molecule has 0 saturated carbocycles. The van der Waals surface area contributed by atoms with E-state index in [0.717, 1.165) is 19.5 Å². The van der Waals surface area contributed by atoms with Crippen molar-refractivity contribution in [3.8, 4) is 0 Å². The third-order valence-corrected chi connectivity index (χ3v) is 4.46. The number of amides is 1. The van der Waals surface area contributed by atoms with Crippen LogP contribution in [0.5, 0.6) is 0 Å². The van der Waals surface area contributed by atoms with Crippen LogP contribution in [-0.2, 0) is 4.79 Å². The number of rotatable bonds is 5. The fourth-order valence-corrected chi connectivity index (χ4v) is 3.13. The standard InChI is InChI=1S/C19H21N3O3/c1-2-17(23)21-15-10-16(19(24)25)18(20-11-15)22-9-8-14(12-22)13-6-4-3-5-7-13/h3-7,10-11,14H,2,8-9,12H2,1H3,(H,21,23)(H,24,25)/t14-/m0/s1. The molecule has 1 fully saturated rings. The first-order valence-electron chi connectivity index (χ1n) is 8.41. The van der Waals surface area contributed by atoms with Crippen LogP contribution in [0.2, 0.25) is 0 Å². The van der Waals surface area contributed by atoms with E-state index in [1.54, 1.807) is 6.92 Å². The van der Waals surface area contributed by atoms with Crippen molar-refractivity contribution < 1.29 is 14.7 Å². The van der Waals surface area contributed by atoms with Crippen LogP contribution >= 0.6 is 0 Å². The van der Waals surface area contributed by atoms with Crippen LogP contribution in [0.3, 0.4) is 0 Å². The number of carbonyl (C=O) groups is 2. The van der Waals surface area contributed by atoms with Gasteiger partial charge in [-0.15, -0.1) is 0 Å². The van der Waals surface area contributed by atoms with E-state index in [9.17, 15) is 14.7 Å². The van der Waals surface area contributed by atoms with Gasteiger partial charge in [-0.2, -0.15) is 0 Å². The molecule has 0 aliphatic carbocycles. The lowest BCUT2D eigenvalue weighted by atomic mass is 9.99. The van der Waals surface area contributed by atoms with E-state index in [1.807, 2.05) is 23.1 Å². The summed E-state index contributed by atoms with van der Waals surface area (Å²) in [4.78, 5) is 29.5. The second-order valence-corrected chi connectivity index (χ2v) is 6.14. The Labute approximate surface area is 146 Å². The first kappa shape index (κ1) is 17.0. The minimum atomic E-state index is -1.04. The molecule has 25 heavy (non-hydrogen) atoms. The van der Waals surface area contributed by atoms with E-state index in [4.69, 9.17) is 0 Å². The summed E-state index contributed by atoms with van der Waals surface area (Å²) in [5.74, 6) is -0.390. The Morgan fingerprint density at radius 3 is 2.76 bits per heavy atom. The molecule has 130 valence electrons. The van der Waals surface area contributed by atoms with Crippen LogP contribution in [0.25, 0.3) is 0 Å². The fourth-order valence-electron chi connectivity index (χ4n) is 3.13. The molecule has 2 N–H and O–H groups in total. The zero-order valence-corrected chi connectivity index (χ0v) is 14.1. The number of anilines is 2. The monoisotopic (exact) mass is 339 g/mol. The van der Waals surface area contributed by atoms with Crippen molar-refractivity contribution in [1.82, 2.24) is 4.98 Å². The molecule has 0 radical (unpaired) electrons. The number of carbonyl (C=O) groups excluding carboxylic acids is 1. The quantitative estimate of drug-likeness (QED) is 0.874. The van der Waals surface area contributed by atoms with Gasteiger partial charge in [0, 0.05) is 25.4 Å². The average molecular weight is 339 g/mol. The highest BCUT2D eigenvalue weighted by atomic mass is 16.4. The van der Waals surface area contributed by atoms with Crippen molar-refractivity contribution in [3.63, 3.8) is 0 Å². The van der Waals surface area contributed by atoms with Crippen LogP contribution in [0.4, 0.5) is 11.5 Å². The largest absolute Gasteiger partial charge is 0.478 e. The molecule has 2 aromatic rings. The number of nitrogens with one attached hydrogen (secondary N) is 1. The van der Waals surface area contributed by atoms with Crippen LogP contribution in [0, 0.1) is 0 Å². The van der Waals surface area contributed by atoms with Gasteiger partial charge in [-0.3, -0.25) is 4.79 Å².